The maximum absolute atomic E-state index is 11.5. The van der Waals surface area contributed by atoms with Crippen LogP contribution in [0.15, 0.2) is 70.3 Å². The average Bonchev–Trinajstić information content (AvgIpc) is 3.33. The number of aromatic nitrogens is 1. The monoisotopic (exact) mass is 380 g/mol. The van der Waals surface area contributed by atoms with Crippen LogP contribution < -0.4 is 0 Å². The summed E-state index contributed by atoms with van der Waals surface area (Å²) in [5, 5.41) is 0.650. The summed E-state index contributed by atoms with van der Waals surface area (Å²) in [5.74, 6) is 1.61. The molecule has 0 atom stereocenters. The number of amides is 1. The molecule has 1 fully saturated rings. The molecule has 0 spiro atoms. The Morgan fingerprint density at radius 3 is 2.37 bits per heavy atom. The van der Waals surface area contributed by atoms with Gasteiger partial charge in [0.15, 0.2) is 5.76 Å². The van der Waals surface area contributed by atoms with Gasteiger partial charge in [-0.05, 0) is 6.42 Å². The standard InChI is InChI=1S/C21H20N2O3S/c24-21-23(13-14-25-21)12-7-15-27-20-22-18(16-8-3-1-4-9-16)19(26-20)17-10-5-2-6-11-17/h1-6,8-11H,7,12-15H2. The van der Waals surface area contributed by atoms with Crippen molar-refractivity contribution in [2.45, 2.75) is 11.6 Å². The Balaban J connectivity index is 1.48. The van der Waals surface area contributed by atoms with Gasteiger partial charge in [0.05, 0.1) is 6.54 Å². The third kappa shape index (κ3) is 4.17. The molecule has 1 aliphatic heterocycles. The molecule has 0 unspecified atom stereocenters. The Morgan fingerprint density at radius 1 is 1.00 bits per heavy atom. The zero-order valence-corrected chi connectivity index (χ0v) is 15.7. The van der Waals surface area contributed by atoms with Crippen molar-refractivity contribution in [1.82, 2.24) is 9.88 Å². The number of hydrogen-bond acceptors (Lipinski definition) is 5. The Bertz CT molecular complexity index is 839. The number of nitrogens with zero attached hydrogens (tertiary/aromatic N) is 2. The van der Waals surface area contributed by atoms with E-state index >= 15 is 0 Å². The van der Waals surface area contributed by atoms with Crippen LogP contribution >= 0.6 is 11.8 Å². The number of carbonyl (C=O) groups excluding carboxylic acids is 1. The highest BCUT2D eigenvalue weighted by atomic mass is 32.2. The van der Waals surface area contributed by atoms with Gasteiger partial charge in [-0.1, -0.05) is 72.4 Å². The maximum atomic E-state index is 11.5. The van der Waals surface area contributed by atoms with E-state index in [0.29, 0.717) is 24.9 Å². The molecule has 138 valence electrons. The van der Waals surface area contributed by atoms with Crippen molar-refractivity contribution < 1.29 is 13.9 Å². The van der Waals surface area contributed by atoms with Crippen LogP contribution in [0.4, 0.5) is 4.79 Å². The van der Waals surface area contributed by atoms with Gasteiger partial charge in [0.1, 0.15) is 12.3 Å². The number of carbonyl (C=O) groups is 1. The first kappa shape index (κ1) is 17.7. The van der Waals surface area contributed by atoms with Crippen LogP contribution in [-0.2, 0) is 4.74 Å². The molecule has 0 saturated carbocycles. The first-order chi connectivity index (χ1) is 13.3. The van der Waals surface area contributed by atoms with Crippen molar-refractivity contribution in [1.29, 1.82) is 0 Å². The van der Waals surface area contributed by atoms with Crippen LogP contribution in [0.1, 0.15) is 6.42 Å². The summed E-state index contributed by atoms with van der Waals surface area (Å²) in [7, 11) is 0. The Morgan fingerprint density at radius 2 is 1.70 bits per heavy atom. The van der Waals surface area contributed by atoms with Gasteiger partial charge in [-0.25, -0.2) is 9.78 Å². The average molecular weight is 380 g/mol. The van der Waals surface area contributed by atoms with E-state index in [-0.39, 0.29) is 6.09 Å². The predicted octanol–water partition coefficient (Wildman–Crippen LogP) is 4.94. The number of thioether (sulfide) groups is 1. The first-order valence-corrected chi connectivity index (χ1v) is 9.96. The summed E-state index contributed by atoms with van der Waals surface area (Å²) >= 11 is 1.57. The van der Waals surface area contributed by atoms with Gasteiger partial charge in [-0.2, -0.15) is 0 Å². The Hall–Kier alpha value is -2.73. The molecule has 2 aromatic carbocycles. The lowest BCUT2D eigenvalue weighted by molar-refractivity contribution is 0.158. The van der Waals surface area contributed by atoms with Crippen LogP contribution in [-0.4, -0.2) is 41.4 Å². The quantitative estimate of drug-likeness (QED) is 0.429. The molecule has 0 aliphatic carbocycles. The minimum absolute atomic E-state index is 0.214. The zero-order valence-electron chi connectivity index (χ0n) is 14.8. The van der Waals surface area contributed by atoms with Crippen LogP contribution in [0.2, 0.25) is 0 Å². The van der Waals surface area contributed by atoms with Crippen molar-refractivity contribution in [3.63, 3.8) is 0 Å². The molecule has 5 nitrogen and oxygen atoms in total. The molecule has 3 aromatic rings. The van der Waals surface area contributed by atoms with E-state index in [1.165, 1.54) is 0 Å². The highest BCUT2D eigenvalue weighted by molar-refractivity contribution is 7.99. The fourth-order valence-corrected chi connectivity index (χ4v) is 3.73. The van der Waals surface area contributed by atoms with Crippen molar-refractivity contribution in [3.05, 3.63) is 60.7 Å². The van der Waals surface area contributed by atoms with E-state index in [1.54, 1.807) is 16.7 Å². The Kier molecular flexibility index (Phi) is 5.44. The van der Waals surface area contributed by atoms with Crippen molar-refractivity contribution in [2.24, 2.45) is 0 Å². The second-order valence-electron chi connectivity index (χ2n) is 6.19. The molecule has 6 heteroatoms. The number of rotatable bonds is 7. The smallest absolute Gasteiger partial charge is 0.409 e. The largest absolute Gasteiger partial charge is 0.448 e. The molecule has 0 N–H and O–H groups in total. The minimum atomic E-state index is -0.214. The number of oxazole rings is 1. The van der Waals surface area contributed by atoms with E-state index in [1.807, 2.05) is 60.7 Å². The molecular weight excluding hydrogens is 360 g/mol. The lowest BCUT2D eigenvalue weighted by Crippen LogP contribution is -2.25. The summed E-state index contributed by atoms with van der Waals surface area (Å²) in [4.78, 5) is 17.9. The Labute approximate surface area is 162 Å². The summed E-state index contributed by atoms with van der Waals surface area (Å²) in [6.45, 7) is 1.87. The van der Waals surface area contributed by atoms with Crippen molar-refractivity contribution in [3.8, 4) is 22.6 Å². The molecule has 4 rings (SSSR count). The number of ether oxygens (including phenoxy) is 1. The van der Waals surface area contributed by atoms with E-state index in [0.717, 1.165) is 34.8 Å². The lowest BCUT2D eigenvalue weighted by Gasteiger charge is -2.10. The van der Waals surface area contributed by atoms with Crippen molar-refractivity contribution >= 4 is 17.9 Å². The number of hydrogen-bond donors (Lipinski definition) is 0. The normalized spacial score (nSPS) is 13.8. The van der Waals surface area contributed by atoms with Crippen LogP contribution in [0.25, 0.3) is 22.6 Å². The van der Waals surface area contributed by atoms with Gasteiger partial charge in [0.25, 0.3) is 5.22 Å². The van der Waals surface area contributed by atoms with Gasteiger partial charge >= 0.3 is 6.09 Å². The fourth-order valence-electron chi connectivity index (χ4n) is 2.98. The molecule has 1 aliphatic rings. The maximum Gasteiger partial charge on any atom is 0.409 e. The van der Waals surface area contributed by atoms with Gasteiger partial charge in [0.2, 0.25) is 0 Å². The van der Waals surface area contributed by atoms with Crippen LogP contribution in [0.3, 0.4) is 0 Å². The van der Waals surface area contributed by atoms with Crippen LogP contribution in [0.5, 0.6) is 0 Å². The molecule has 0 radical (unpaired) electrons. The second-order valence-corrected chi connectivity index (χ2v) is 7.24. The molecule has 1 amide bonds. The zero-order chi connectivity index (χ0) is 18.5. The van der Waals surface area contributed by atoms with Crippen molar-refractivity contribution in [2.75, 3.05) is 25.4 Å². The first-order valence-electron chi connectivity index (χ1n) is 8.97. The summed E-state index contributed by atoms with van der Waals surface area (Å²) in [6.07, 6.45) is 0.651. The predicted molar refractivity (Wildman–Crippen MR) is 106 cm³/mol. The van der Waals surface area contributed by atoms with Gasteiger partial charge < -0.3 is 14.1 Å². The molecule has 0 bridgehead atoms. The van der Waals surface area contributed by atoms with E-state index in [9.17, 15) is 4.79 Å². The summed E-state index contributed by atoms with van der Waals surface area (Å²) < 4.78 is 11.0. The summed E-state index contributed by atoms with van der Waals surface area (Å²) in [5.41, 5.74) is 2.90. The van der Waals surface area contributed by atoms with E-state index in [2.05, 4.69) is 0 Å². The van der Waals surface area contributed by atoms with Crippen LogP contribution in [0, 0.1) is 0 Å². The molecule has 27 heavy (non-hydrogen) atoms. The highest BCUT2D eigenvalue weighted by Crippen LogP contribution is 2.35. The third-order valence-electron chi connectivity index (χ3n) is 4.33. The van der Waals surface area contributed by atoms with E-state index < -0.39 is 0 Å². The summed E-state index contributed by atoms with van der Waals surface area (Å²) in [6, 6.07) is 20.1. The van der Waals surface area contributed by atoms with Gasteiger partial charge in [0, 0.05) is 23.4 Å². The number of benzene rings is 2. The number of cyclic esters (lactones) is 1. The topological polar surface area (TPSA) is 55.6 Å². The fraction of sp³-hybridized carbons (Fsp3) is 0.238. The third-order valence-corrected chi connectivity index (χ3v) is 5.25. The molecular formula is C21H20N2O3S. The second kappa shape index (κ2) is 8.31. The molecule has 1 aromatic heterocycles. The van der Waals surface area contributed by atoms with E-state index in [4.69, 9.17) is 14.1 Å². The SMILES string of the molecule is O=C1OCCN1CCCSc1nc(-c2ccccc2)c(-c2ccccc2)o1. The molecule has 2 heterocycles. The molecule has 1 saturated heterocycles. The highest BCUT2D eigenvalue weighted by Gasteiger charge is 2.21. The minimum Gasteiger partial charge on any atom is -0.448 e. The van der Waals surface area contributed by atoms with Gasteiger partial charge in [-0.15, -0.1) is 0 Å². The lowest BCUT2D eigenvalue weighted by atomic mass is 10.1. The van der Waals surface area contributed by atoms with Gasteiger partial charge in [-0.3, -0.25) is 0 Å².